The zero-order valence-electron chi connectivity index (χ0n) is 21.3. The second kappa shape index (κ2) is 12.5. The smallest absolute Gasteiger partial charge is 0.307 e. The van der Waals surface area contributed by atoms with Gasteiger partial charge in [-0.2, -0.15) is 0 Å². The zero-order valence-corrected chi connectivity index (χ0v) is 21.3. The highest BCUT2D eigenvalue weighted by molar-refractivity contribution is 6.07. The molecule has 0 aliphatic carbocycles. The van der Waals surface area contributed by atoms with Crippen molar-refractivity contribution in [3.05, 3.63) is 84.1 Å². The number of nitrogens with one attached hydrogen (secondary N) is 1. The van der Waals surface area contributed by atoms with Gasteiger partial charge in [-0.15, -0.1) is 0 Å². The average molecular weight is 504 g/mol. The van der Waals surface area contributed by atoms with E-state index in [-0.39, 0.29) is 36.8 Å². The molecule has 1 unspecified atom stereocenters. The third-order valence-corrected chi connectivity index (χ3v) is 6.11. The van der Waals surface area contributed by atoms with Gasteiger partial charge in [0.25, 0.3) is 5.91 Å². The van der Waals surface area contributed by atoms with Crippen LogP contribution >= 0.6 is 0 Å². The van der Waals surface area contributed by atoms with Crippen LogP contribution in [0, 0.1) is 5.41 Å². The first-order chi connectivity index (χ1) is 17.8. The molecule has 37 heavy (non-hydrogen) atoms. The number of anilines is 3. The number of carbonyl (C=O) groups excluding carboxylic acids is 2. The Balaban J connectivity index is 0.000000356. The van der Waals surface area contributed by atoms with E-state index in [9.17, 15) is 9.59 Å². The Labute approximate surface area is 216 Å². The van der Waals surface area contributed by atoms with Crippen LogP contribution in [0.25, 0.3) is 0 Å². The molecule has 5 N–H and O–H groups in total. The molecule has 1 aliphatic heterocycles. The molecule has 0 saturated carbocycles. The van der Waals surface area contributed by atoms with Crippen LogP contribution in [0.1, 0.15) is 22.3 Å². The zero-order chi connectivity index (χ0) is 26.9. The molecule has 4 rings (SSSR count). The maximum Gasteiger partial charge on any atom is 0.307 e. The first-order valence-electron chi connectivity index (χ1n) is 11.8. The Bertz CT molecular complexity index is 1220. The molecule has 1 atom stereocenters. The summed E-state index contributed by atoms with van der Waals surface area (Å²) in [7, 11) is 5.27. The van der Waals surface area contributed by atoms with Gasteiger partial charge in [-0.25, -0.2) is 4.98 Å². The van der Waals surface area contributed by atoms with E-state index in [0.717, 1.165) is 16.9 Å². The number of methoxy groups -OCH3 is 1. The molecule has 2 heterocycles. The molecule has 194 valence electrons. The molecule has 0 spiro atoms. The topological polar surface area (TPSA) is 142 Å². The van der Waals surface area contributed by atoms with Crippen molar-refractivity contribution in [2.45, 2.75) is 12.6 Å². The van der Waals surface area contributed by atoms with E-state index in [4.69, 9.17) is 21.6 Å². The highest BCUT2D eigenvalue weighted by Crippen LogP contribution is 2.38. The van der Waals surface area contributed by atoms with Crippen LogP contribution in [0.4, 0.5) is 17.2 Å². The second-order valence-corrected chi connectivity index (χ2v) is 8.39. The number of likely N-dealkylation sites (N-methyl/N-ethyl adjacent to an activating group) is 2. The number of ether oxygens (including phenoxy) is 1. The van der Waals surface area contributed by atoms with E-state index in [0.29, 0.717) is 17.9 Å². The molecule has 10 heteroatoms. The lowest BCUT2D eigenvalue weighted by atomic mass is 10.1. The Morgan fingerprint density at radius 2 is 1.68 bits per heavy atom. The highest BCUT2D eigenvalue weighted by Gasteiger charge is 2.31. The summed E-state index contributed by atoms with van der Waals surface area (Å²) >= 11 is 0. The summed E-state index contributed by atoms with van der Waals surface area (Å²) in [6.45, 7) is 0.658. The van der Waals surface area contributed by atoms with E-state index in [1.165, 1.54) is 12.0 Å². The fraction of sp³-hybridized carbons (Fsp3) is 0.259. The number of hydrogen-bond acceptors (Lipinski definition) is 8. The molecule has 10 nitrogen and oxygen atoms in total. The Kier molecular flexibility index (Phi) is 9.17. The van der Waals surface area contributed by atoms with Crippen LogP contribution in [0.3, 0.4) is 0 Å². The van der Waals surface area contributed by atoms with E-state index in [1.807, 2.05) is 56.6 Å². The van der Waals surface area contributed by atoms with Gasteiger partial charge in [0, 0.05) is 44.5 Å². The Morgan fingerprint density at radius 1 is 1.00 bits per heavy atom. The normalized spacial score (nSPS) is 13.8. The molecule has 2 aromatic carbocycles. The van der Waals surface area contributed by atoms with Gasteiger partial charge in [-0.3, -0.25) is 19.9 Å². The number of aromatic nitrogens is 1. The Hall–Kier alpha value is -4.44. The Morgan fingerprint density at radius 3 is 2.24 bits per heavy atom. The van der Waals surface area contributed by atoms with E-state index < -0.39 is 0 Å². The van der Waals surface area contributed by atoms with E-state index >= 15 is 0 Å². The van der Waals surface area contributed by atoms with Crippen LogP contribution in [0.5, 0.6) is 0 Å². The van der Waals surface area contributed by atoms with Gasteiger partial charge >= 0.3 is 5.97 Å². The minimum absolute atomic E-state index is 0.0477. The summed E-state index contributed by atoms with van der Waals surface area (Å²) in [6, 6.07) is 20.1. The van der Waals surface area contributed by atoms with Crippen molar-refractivity contribution in [2.24, 2.45) is 11.5 Å². The summed E-state index contributed by atoms with van der Waals surface area (Å²) in [6.07, 6.45) is 1.75. The number of carbonyl (C=O) groups is 2. The third-order valence-electron chi connectivity index (χ3n) is 6.11. The number of nitrogen functional groups attached to an aromatic ring is 1. The fourth-order valence-electron chi connectivity index (χ4n) is 4.05. The van der Waals surface area contributed by atoms with Crippen molar-refractivity contribution >= 4 is 34.9 Å². The maximum atomic E-state index is 13.3. The largest absolute Gasteiger partial charge is 0.469 e. The second-order valence-electron chi connectivity index (χ2n) is 8.39. The third kappa shape index (κ3) is 6.42. The van der Waals surface area contributed by atoms with Crippen LogP contribution in [0.15, 0.2) is 72.9 Å². The molecular weight excluding hydrogens is 470 g/mol. The predicted molar refractivity (Wildman–Crippen MR) is 146 cm³/mol. The molecular formula is C27H33N7O3. The van der Waals surface area contributed by atoms with Gasteiger partial charge in [0.05, 0.1) is 24.9 Å². The van der Waals surface area contributed by atoms with E-state index in [1.54, 1.807) is 30.5 Å². The lowest BCUT2D eigenvalue weighted by Gasteiger charge is -2.26. The number of fused-ring (bicyclic) bond motifs is 1. The molecule has 3 aromatic rings. The number of esters is 1. The monoisotopic (exact) mass is 503 g/mol. The quantitative estimate of drug-likeness (QED) is 0.254. The van der Waals surface area contributed by atoms with Crippen molar-refractivity contribution in [2.75, 3.05) is 49.0 Å². The lowest BCUT2D eigenvalue weighted by Crippen LogP contribution is -2.44. The minimum Gasteiger partial charge on any atom is -0.469 e. The summed E-state index contributed by atoms with van der Waals surface area (Å²) < 4.78 is 4.71. The van der Waals surface area contributed by atoms with Gasteiger partial charge in [-0.05, 0) is 30.3 Å². The van der Waals surface area contributed by atoms with Crippen molar-refractivity contribution in [3.8, 4) is 0 Å². The summed E-state index contributed by atoms with van der Waals surface area (Å²) in [5.74, 6) is 0.00490. The van der Waals surface area contributed by atoms with Crippen LogP contribution in [-0.2, 0) is 9.53 Å². The summed E-state index contributed by atoms with van der Waals surface area (Å²) in [4.78, 5) is 34.8. The number of amidine groups is 1. The van der Waals surface area contributed by atoms with Gasteiger partial charge in [0.2, 0.25) is 0 Å². The molecule has 1 aliphatic rings. The number of hydrogen-bond donors (Lipinski definition) is 3. The average Bonchev–Trinajstić information content (AvgIpc) is 3.18. The molecule has 1 amide bonds. The number of benzene rings is 2. The van der Waals surface area contributed by atoms with Crippen molar-refractivity contribution in [1.82, 2.24) is 4.98 Å². The predicted octanol–water partition coefficient (Wildman–Crippen LogP) is 2.43. The van der Waals surface area contributed by atoms with Gasteiger partial charge < -0.3 is 26.0 Å². The number of rotatable bonds is 7. The lowest BCUT2D eigenvalue weighted by molar-refractivity contribution is -0.140. The molecule has 0 bridgehead atoms. The molecule has 0 saturated heterocycles. The number of nitrogens with two attached hydrogens (primary N) is 2. The SMILES string of the molecule is COC(=O)CCN(C(=O)c1ccc2c(c1)N(C)C(CN)N2C)c1ccccn1.N=C(N)c1ccccc1. The minimum atomic E-state index is -0.380. The fourth-order valence-corrected chi connectivity index (χ4v) is 4.05. The number of amides is 1. The van der Waals surface area contributed by atoms with Crippen molar-refractivity contribution in [3.63, 3.8) is 0 Å². The number of pyridine rings is 1. The van der Waals surface area contributed by atoms with Gasteiger partial charge in [0.1, 0.15) is 17.8 Å². The van der Waals surface area contributed by atoms with Crippen molar-refractivity contribution in [1.29, 1.82) is 5.41 Å². The summed E-state index contributed by atoms with van der Waals surface area (Å²) in [5, 5.41) is 7.01. The molecule has 0 fully saturated rings. The summed E-state index contributed by atoms with van der Waals surface area (Å²) in [5.41, 5.74) is 14.3. The highest BCUT2D eigenvalue weighted by atomic mass is 16.5. The molecule has 0 radical (unpaired) electrons. The van der Waals surface area contributed by atoms with Gasteiger partial charge in [0.15, 0.2) is 0 Å². The van der Waals surface area contributed by atoms with Crippen molar-refractivity contribution < 1.29 is 14.3 Å². The molecule has 1 aromatic heterocycles. The standard InChI is InChI=1S/C20H25N5O3.C7H8N2/c1-23-15-8-7-14(12-16(15)24(2)18(23)13-21)20(27)25(11-9-19(26)28-3)17-6-4-5-10-22-17;8-7(9)6-4-2-1-3-5-6/h4-8,10,12,18H,9,11,13,21H2,1-3H3;1-5H,(H3,8,9). The van der Waals surface area contributed by atoms with Crippen LogP contribution < -0.4 is 26.2 Å². The number of nitrogens with zero attached hydrogens (tertiary/aromatic N) is 4. The van der Waals surface area contributed by atoms with Crippen LogP contribution in [-0.4, -0.2) is 63.2 Å². The van der Waals surface area contributed by atoms with Crippen LogP contribution in [0.2, 0.25) is 0 Å². The van der Waals surface area contributed by atoms with E-state index in [2.05, 4.69) is 14.8 Å². The van der Waals surface area contributed by atoms with Gasteiger partial charge in [-0.1, -0.05) is 36.4 Å². The first-order valence-corrected chi connectivity index (χ1v) is 11.8. The first kappa shape index (κ1) is 27.2. The maximum absolute atomic E-state index is 13.3.